The zero-order valence-electron chi connectivity index (χ0n) is 8.29. The van der Waals surface area contributed by atoms with E-state index in [1.807, 2.05) is 6.08 Å². The Balaban J connectivity index is 2.54. The van der Waals surface area contributed by atoms with Crippen LogP contribution >= 0.6 is 11.6 Å². The molecule has 14 heavy (non-hydrogen) atoms. The van der Waals surface area contributed by atoms with Gasteiger partial charge < -0.3 is 10.6 Å². The fourth-order valence-corrected chi connectivity index (χ4v) is 1.64. The lowest BCUT2D eigenvalue weighted by Gasteiger charge is -2.33. The first kappa shape index (κ1) is 11.5. The number of rotatable bonds is 3. The van der Waals surface area contributed by atoms with Crippen LogP contribution in [0.5, 0.6) is 0 Å². The van der Waals surface area contributed by atoms with Gasteiger partial charge in [0, 0.05) is 38.8 Å². The number of hydrogen-bond acceptors (Lipinski definition) is 3. The zero-order chi connectivity index (χ0) is 10.4. The summed E-state index contributed by atoms with van der Waals surface area (Å²) >= 11 is 5.46. The summed E-state index contributed by atoms with van der Waals surface area (Å²) in [5, 5.41) is 5.86. The second-order valence-corrected chi connectivity index (χ2v) is 3.44. The van der Waals surface area contributed by atoms with Crippen molar-refractivity contribution in [3.8, 4) is 0 Å². The summed E-state index contributed by atoms with van der Waals surface area (Å²) in [7, 11) is 1.66. The Morgan fingerprint density at radius 3 is 3.21 bits per heavy atom. The van der Waals surface area contributed by atoms with E-state index in [1.165, 1.54) is 5.54 Å². The summed E-state index contributed by atoms with van der Waals surface area (Å²) in [6.07, 6.45) is 1.85. The van der Waals surface area contributed by atoms with Crippen molar-refractivity contribution in [2.45, 2.75) is 6.04 Å². The lowest BCUT2D eigenvalue weighted by molar-refractivity contribution is -0.126. The van der Waals surface area contributed by atoms with Gasteiger partial charge in [0.25, 0.3) is 0 Å². The van der Waals surface area contributed by atoms with E-state index >= 15 is 0 Å². The molecular weight excluding hydrogens is 202 g/mol. The van der Waals surface area contributed by atoms with Crippen molar-refractivity contribution < 1.29 is 4.79 Å². The second-order valence-electron chi connectivity index (χ2n) is 3.19. The van der Waals surface area contributed by atoms with Crippen molar-refractivity contribution >= 4 is 17.5 Å². The number of piperazine rings is 1. The Labute approximate surface area is 89.3 Å². The lowest BCUT2D eigenvalue weighted by atomic mass is 10.2. The molecule has 1 aliphatic rings. The van der Waals surface area contributed by atoms with Crippen LogP contribution in [0.3, 0.4) is 0 Å². The predicted octanol–water partition coefficient (Wildman–Crippen LogP) is -0.241. The van der Waals surface area contributed by atoms with E-state index < -0.39 is 0 Å². The molecule has 1 aliphatic heterocycles. The summed E-state index contributed by atoms with van der Waals surface area (Å²) < 4.78 is 0. The number of carbonyl (C=O) groups is 1. The quantitative estimate of drug-likeness (QED) is 0.686. The molecule has 0 radical (unpaired) electrons. The first-order valence-electron chi connectivity index (χ1n) is 4.71. The Morgan fingerprint density at radius 2 is 2.57 bits per heavy atom. The average molecular weight is 218 g/mol. The van der Waals surface area contributed by atoms with Crippen LogP contribution in [0.1, 0.15) is 0 Å². The van der Waals surface area contributed by atoms with Crippen LogP contribution in [-0.4, -0.2) is 50.1 Å². The number of nitrogens with one attached hydrogen (secondary N) is 2. The van der Waals surface area contributed by atoms with E-state index in [-0.39, 0.29) is 11.9 Å². The molecule has 0 saturated carbocycles. The largest absolute Gasteiger partial charge is 0.358 e. The van der Waals surface area contributed by atoms with Gasteiger partial charge >= 0.3 is 0 Å². The minimum atomic E-state index is -0.0818. The monoisotopic (exact) mass is 217 g/mol. The van der Waals surface area contributed by atoms with Crippen LogP contribution < -0.4 is 10.6 Å². The Bertz CT molecular complexity index is 220. The van der Waals surface area contributed by atoms with Crippen LogP contribution in [0.2, 0.25) is 0 Å². The third kappa shape index (κ3) is 2.97. The Hall–Kier alpha value is -0.580. The SMILES string of the molecule is CNC(=O)C1CNCCN1C/C=C/Cl. The molecule has 5 heteroatoms. The zero-order valence-corrected chi connectivity index (χ0v) is 9.05. The highest BCUT2D eigenvalue weighted by molar-refractivity contribution is 6.25. The first-order chi connectivity index (χ1) is 6.79. The van der Waals surface area contributed by atoms with Crippen molar-refractivity contribution in [3.05, 3.63) is 11.6 Å². The minimum Gasteiger partial charge on any atom is -0.358 e. The molecule has 2 N–H and O–H groups in total. The molecule has 1 unspecified atom stereocenters. The maximum atomic E-state index is 11.5. The Kier molecular flexibility index (Phi) is 4.93. The second kappa shape index (κ2) is 6.01. The highest BCUT2D eigenvalue weighted by Gasteiger charge is 2.26. The standard InChI is InChI=1S/C9H16ClN3O/c1-11-9(14)8-7-12-4-6-13(8)5-2-3-10/h2-3,8,12H,4-7H2,1H3,(H,11,14)/b3-2+. The molecular formula is C9H16ClN3O. The summed E-state index contributed by atoms with van der Waals surface area (Å²) in [6.45, 7) is 3.22. The summed E-state index contributed by atoms with van der Waals surface area (Å²) in [4.78, 5) is 13.6. The van der Waals surface area contributed by atoms with Crippen LogP contribution in [0.4, 0.5) is 0 Å². The van der Waals surface area contributed by atoms with Gasteiger partial charge in [-0.15, -0.1) is 0 Å². The molecule has 1 rings (SSSR count). The molecule has 0 aromatic rings. The van der Waals surface area contributed by atoms with Gasteiger partial charge in [-0.3, -0.25) is 9.69 Å². The smallest absolute Gasteiger partial charge is 0.238 e. The highest BCUT2D eigenvalue weighted by Crippen LogP contribution is 2.03. The van der Waals surface area contributed by atoms with Gasteiger partial charge in [0.05, 0.1) is 0 Å². The number of nitrogens with zero attached hydrogens (tertiary/aromatic N) is 1. The third-order valence-electron chi connectivity index (χ3n) is 2.33. The number of halogens is 1. The van der Waals surface area contributed by atoms with Crippen LogP contribution in [-0.2, 0) is 4.79 Å². The van der Waals surface area contributed by atoms with E-state index in [9.17, 15) is 4.79 Å². The van der Waals surface area contributed by atoms with E-state index in [1.54, 1.807) is 7.05 Å². The topological polar surface area (TPSA) is 44.4 Å². The van der Waals surface area contributed by atoms with Crippen molar-refractivity contribution in [2.75, 3.05) is 33.2 Å². The summed E-state index contributed by atoms with van der Waals surface area (Å²) in [5.41, 5.74) is 1.49. The van der Waals surface area contributed by atoms with Crippen LogP contribution in [0, 0.1) is 0 Å². The third-order valence-corrected chi connectivity index (χ3v) is 2.51. The molecule has 80 valence electrons. The van der Waals surface area contributed by atoms with Crippen molar-refractivity contribution in [2.24, 2.45) is 0 Å². The molecule has 0 aliphatic carbocycles. The van der Waals surface area contributed by atoms with Crippen molar-refractivity contribution in [3.63, 3.8) is 0 Å². The van der Waals surface area contributed by atoms with Gasteiger partial charge in [-0.05, 0) is 0 Å². The van der Waals surface area contributed by atoms with Crippen molar-refractivity contribution in [1.82, 2.24) is 15.5 Å². The van der Waals surface area contributed by atoms with Gasteiger partial charge in [-0.1, -0.05) is 17.7 Å². The molecule has 1 fully saturated rings. The molecule has 4 nitrogen and oxygen atoms in total. The molecule has 0 spiro atoms. The molecule has 0 aromatic carbocycles. The van der Waals surface area contributed by atoms with E-state index in [0.29, 0.717) is 6.54 Å². The molecule has 1 saturated heterocycles. The van der Waals surface area contributed by atoms with E-state index in [2.05, 4.69) is 15.5 Å². The maximum absolute atomic E-state index is 11.5. The predicted molar refractivity (Wildman–Crippen MR) is 57.3 cm³/mol. The number of hydrogen-bond donors (Lipinski definition) is 2. The summed E-state index contributed by atoms with van der Waals surface area (Å²) in [5.74, 6) is 0.0557. The van der Waals surface area contributed by atoms with Gasteiger partial charge in [0.2, 0.25) is 5.91 Å². The van der Waals surface area contributed by atoms with Gasteiger partial charge in [-0.25, -0.2) is 0 Å². The normalized spacial score (nSPS) is 24.0. The van der Waals surface area contributed by atoms with Gasteiger partial charge in [0.1, 0.15) is 6.04 Å². The molecule has 1 heterocycles. The molecule has 0 bridgehead atoms. The molecule has 1 amide bonds. The summed E-state index contributed by atoms with van der Waals surface area (Å²) in [6, 6.07) is -0.0818. The van der Waals surface area contributed by atoms with E-state index in [0.717, 1.165) is 19.6 Å². The molecule has 0 aromatic heterocycles. The number of likely N-dealkylation sites (N-methyl/N-ethyl adjacent to an activating group) is 1. The molecule has 1 atom stereocenters. The minimum absolute atomic E-state index is 0.0557. The lowest BCUT2D eigenvalue weighted by Crippen LogP contribution is -2.57. The number of carbonyl (C=O) groups excluding carboxylic acids is 1. The van der Waals surface area contributed by atoms with E-state index in [4.69, 9.17) is 11.6 Å². The fraction of sp³-hybridized carbons (Fsp3) is 0.667. The number of amides is 1. The van der Waals surface area contributed by atoms with Crippen LogP contribution in [0.25, 0.3) is 0 Å². The Morgan fingerprint density at radius 1 is 1.79 bits per heavy atom. The van der Waals surface area contributed by atoms with Gasteiger partial charge in [0.15, 0.2) is 0 Å². The average Bonchev–Trinajstić information content (AvgIpc) is 2.25. The van der Waals surface area contributed by atoms with Crippen molar-refractivity contribution in [1.29, 1.82) is 0 Å². The maximum Gasteiger partial charge on any atom is 0.238 e. The van der Waals surface area contributed by atoms with Gasteiger partial charge in [-0.2, -0.15) is 0 Å². The highest BCUT2D eigenvalue weighted by atomic mass is 35.5. The van der Waals surface area contributed by atoms with Crippen LogP contribution in [0.15, 0.2) is 11.6 Å². The first-order valence-corrected chi connectivity index (χ1v) is 5.15. The fourth-order valence-electron chi connectivity index (χ4n) is 1.57.